The van der Waals surface area contributed by atoms with E-state index >= 15 is 0 Å². The molecule has 6 heteroatoms. The van der Waals surface area contributed by atoms with Crippen molar-refractivity contribution in [2.45, 2.75) is 38.7 Å². The summed E-state index contributed by atoms with van der Waals surface area (Å²) in [5.74, 6) is -0.774. The molecule has 0 unspecified atom stereocenters. The molecule has 0 aromatic carbocycles. The number of likely N-dealkylation sites (tertiary alicyclic amines) is 1. The average Bonchev–Trinajstić information content (AvgIpc) is 2.42. The van der Waals surface area contributed by atoms with E-state index in [4.69, 9.17) is 4.74 Å². The van der Waals surface area contributed by atoms with Crippen LogP contribution in [0.25, 0.3) is 0 Å². The highest BCUT2D eigenvalue weighted by Gasteiger charge is 2.41. The largest absolute Gasteiger partial charge is 0.481 e. The van der Waals surface area contributed by atoms with Gasteiger partial charge < -0.3 is 20.1 Å². The molecule has 2 rings (SSSR count). The molecule has 0 bridgehead atoms. The van der Waals surface area contributed by atoms with E-state index in [1.165, 1.54) is 0 Å². The highest BCUT2D eigenvalue weighted by molar-refractivity contribution is 5.79. The summed E-state index contributed by atoms with van der Waals surface area (Å²) in [7, 11) is 0. The number of ether oxygens (including phenoxy) is 1. The fraction of sp³-hybridized carbons (Fsp3) is 0.857. The summed E-state index contributed by atoms with van der Waals surface area (Å²) in [6.45, 7) is 6.55. The minimum absolute atomic E-state index is 0.0341. The first-order chi connectivity index (χ1) is 9.41. The van der Waals surface area contributed by atoms with Gasteiger partial charge in [-0.2, -0.15) is 0 Å². The lowest BCUT2D eigenvalue weighted by Crippen LogP contribution is -2.60. The van der Waals surface area contributed by atoms with Crippen LogP contribution in [0.15, 0.2) is 0 Å². The van der Waals surface area contributed by atoms with E-state index in [2.05, 4.69) is 5.32 Å². The number of nitrogens with zero attached hydrogens (tertiary/aromatic N) is 1. The molecule has 20 heavy (non-hydrogen) atoms. The number of aliphatic carboxylic acids is 1. The average molecular weight is 284 g/mol. The Labute approximate surface area is 119 Å². The Morgan fingerprint density at radius 3 is 2.30 bits per heavy atom. The van der Waals surface area contributed by atoms with Crippen LogP contribution in [0.3, 0.4) is 0 Å². The zero-order valence-electron chi connectivity index (χ0n) is 12.3. The molecular formula is C14H24N2O4. The van der Waals surface area contributed by atoms with Crippen molar-refractivity contribution >= 4 is 11.9 Å². The first kappa shape index (κ1) is 15.3. The number of hydrogen-bond acceptors (Lipinski definition) is 4. The molecule has 2 fully saturated rings. The predicted octanol–water partition coefficient (Wildman–Crippen LogP) is 0.468. The zero-order valence-corrected chi connectivity index (χ0v) is 12.3. The maximum absolute atomic E-state index is 12.1. The highest BCUT2D eigenvalue weighted by Crippen LogP contribution is 2.35. The molecule has 0 aliphatic carbocycles. The van der Waals surface area contributed by atoms with Gasteiger partial charge in [-0.05, 0) is 26.2 Å². The Kier molecular flexibility index (Phi) is 4.34. The second-order valence-corrected chi connectivity index (χ2v) is 6.16. The summed E-state index contributed by atoms with van der Waals surface area (Å²) < 4.78 is 5.64. The number of carboxylic acid groups (broad SMARTS) is 1. The Hall–Kier alpha value is -1.14. The second kappa shape index (κ2) is 5.69. The van der Waals surface area contributed by atoms with Crippen molar-refractivity contribution in [2.24, 2.45) is 5.41 Å². The van der Waals surface area contributed by atoms with Gasteiger partial charge in [-0.3, -0.25) is 9.59 Å². The molecule has 2 aliphatic heterocycles. The molecule has 0 aromatic heterocycles. The molecule has 2 heterocycles. The van der Waals surface area contributed by atoms with E-state index in [9.17, 15) is 14.7 Å². The summed E-state index contributed by atoms with van der Waals surface area (Å²) >= 11 is 0. The molecule has 1 amide bonds. The standard InChI is InChI=1S/C14H24N2O4/c1-3-14(12(18)19)4-6-16(7-5-14)11(17)8-20-13(2)9-15-10-13/h15H,3-10H2,1-2H3,(H,18,19). The van der Waals surface area contributed by atoms with Crippen LogP contribution in [0.1, 0.15) is 33.1 Å². The van der Waals surface area contributed by atoms with Gasteiger partial charge in [-0.25, -0.2) is 0 Å². The van der Waals surface area contributed by atoms with E-state index in [-0.39, 0.29) is 18.1 Å². The summed E-state index contributed by atoms with van der Waals surface area (Å²) in [5, 5.41) is 12.4. The monoisotopic (exact) mass is 284 g/mol. The van der Waals surface area contributed by atoms with Crippen LogP contribution in [-0.4, -0.2) is 60.3 Å². The minimum atomic E-state index is -0.739. The maximum Gasteiger partial charge on any atom is 0.309 e. The van der Waals surface area contributed by atoms with Crippen LogP contribution in [0.5, 0.6) is 0 Å². The normalized spacial score (nSPS) is 24.0. The third-order valence-electron chi connectivity index (χ3n) is 4.75. The zero-order chi connectivity index (χ0) is 14.8. The molecule has 0 spiro atoms. The van der Waals surface area contributed by atoms with Gasteiger partial charge in [-0.1, -0.05) is 6.92 Å². The van der Waals surface area contributed by atoms with E-state index in [0.717, 1.165) is 13.1 Å². The number of piperidine rings is 1. The third kappa shape index (κ3) is 2.96. The van der Waals surface area contributed by atoms with Crippen LogP contribution in [0.4, 0.5) is 0 Å². The number of rotatable bonds is 5. The number of carbonyl (C=O) groups is 2. The second-order valence-electron chi connectivity index (χ2n) is 6.16. The summed E-state index contributed by atoms with van der Waals surface area (Å²) in [6.07, 6.45) is 1.68. The molecule has 2 saturated heterocycles. The molecule has 114 valence electrons. The lowest BCUT2D eigenvalue weighted by molar-refractivity contribution is -0.157. The summed E-state index contributed by atoms with van der Waals surface area (Å²) in [4.78, 5) is 25.2. The van der Waals surface area contributed by atoms with Crippen LogP contribution in [0.2, 0.25) is 0 Å². The third-order valence-corrected chi connectivity index (χ3v) is 4.75. The quantitative estimate of drug-likeness (QED) is 0.767. The first-order valence-electron chi connectivity index (χ1n) is 7.27. The van der Waals surface area contributed by atoms with Gasteiger partial charge in [0.1, 0.15) is 6.61 Å². The van der Waals surface area contributed by atoms with E-state index < -0.39 is 11.4 Å². The number of hydrogen-bond donors (Lipinski definition) is 2. The summed E-state index contributed by atoms with van der Waals surface area (Å²) in [6, 6.07) is 0. The molecule has 6 nitrogen and oxygen atoms in total. The van der Waals surface area contributed by atoms with Crippen molar-refractivity contribution < 1.29 is 19.4 Å². The Balaban J connectivity index is 1.81. The Morgan fingerprint density at radius 2 is 1.90 bits per heavy atom. The van der Waals surface area contributed by atoms with Gasteiger partial charge in [-0.15, -0.1) is 0 Å². The molecule has 0 aromatic rings. The minimum Gasteiger partial charge on any atom is -0.481 e. The molecular weight excluding hydrogens is 260 g/mol. The molecule has 0 atom stereocenters. The van der Waals surface area contributed by atoms with E-state index in [1.54, 1.807) is 4.90 Å². The maximum atomic E-state index is 12.1. The van der Waals surface area contributed by atoms with Crippen LogP contribution < -0.4 is 5.32 Å². The van der Waals surface area contributed by atoms with Crippen molar-refractivity contribution in [3.63, 3.8) is 0 Å². The molecule has 2 N–H and O–H groups in total. The Bertz CT molecular complexity index is 385. The van der Waals surface area contributed by atoms with Crippen molar-refractivity contribution in [3.05, 3.63) is 0 Å². The lowest BCUT2D eigenvalue weighted by Gasteiger charge is -2.41. The van der Waals surface area contributed by atoms with Gasteiger partial charge in [0.2, 0.25) is 5.91 Å². The van der Waals surface area contributed by atoms with E-state index in [1.807, 2.05) is 13.8 Å². The fourth-order valence-corrected chi connectivity index (χ4v) is 2.81. The number of amides is 1. The van der Waals surface area contributed by atoms with Crippen LogP contribution in [0, 0.1) is 5.41 Å². The topological polar surface area (TPSA) is 78.9 Å². The van der Waals surface area contributed by atoms with Crippen LogP contribution >= 0.6 is 0 Å². The lowest BCUT2D eigenvalue weighted by atomic mass is 9.76. The molecule has 2 aliphatic rings. The highest BCUT2D eigenvalue weighted by atomic mass is 16.5. The first-order valence-corrected chi connectivity index (χ1v) is 7.27. The number of carboxylic acids is 1. The number of carbonyl (C=O) groups excluding carboxylic acids is 1. The smallest absolute Gasteiger partial charge is 0.309 e. The predicted molar refractivity (Wildman–Crippen MR) is 73.4 cm³/mol. The Morgan fingerprint density at radius 1 is 1.30 bits per heavy atom. The fourth-order valence-electron chi connectivity index (χ4n) is 2.81. The SMILES string of the molecule is CCC1(C(=O)O)CCN(C(=O)COC2(C)CNC2)CC1. The van der Waals surface area contributed by atoms with E-state index in [0.29, 0.717) is 32.4 Å². The van der Waals surface area contributed by atoms with Gasteiger partial charge >= 0.3 is 5.97 Å². The number of nitrogens with one attached hydrogen (secondary N) is 1. The van der Waals surface area contributed by atoms with Gasteiger partial charge in [0.15, 0.2) is 0 Å². The molecule has 0 saturated carbocycles. The van der Waals surface area contributed by atoms with Crippen molar-refractivity contribution in [3.8, 4) is 0 Å². The van der Waals surface area contributed by atoms with Crippen molar-refractivity contribution in [1.29, 1.82) is 0 Å². The molecule has 0 radical (unpaired) electrons. The van der Waals surface area contributed by atoms with Crippen molar-refractivity contribution in [2.75, 3.05) is 32.8 Å². The van der Waals surface area contributed by atoms with Crippen LogP contribution in [-0.2, 0) is 14.3 Å². The van der Waals surface area contributed by atoms with Gasteiger partial charge in [0, 0.05) is 26.2 Å². The van der Waals surface area contributed by atoms with Crippen molar-refractivity contribution in [1.82, 2.24) is 10.2 Å². The summed E-state index contributed by atoms with van der Waals surface area (Å²) in [5.41, 5.74) is -0.874. The van der Waals surface area contributed by atoms with Gasteiger partial charge in [0.05, 0.1) is 11.0 Å². The van der Waals surface area contributed by atoms with Gasteiger partial charge in [0.25, 0.3) is 0 Å².